The van der Waals surface area contributed by atoms with Gasteiger partial charge in [-0.2, -0.15) is 0 Å². The Morgan fingerprint density at radius 2 is 2.06 bits per heavy atom. The Hall–Kier alpha value is -2.01. The summed E-state index contributed by atoms with van der Waals surface area (Å²) >= 11 is 0. The molecule has 2 aliphatic heterocycles. The van der Waals surface area contributed by atoms with Gasteiger partial charge in [0.05, 0.1) is 18.8 Å². The Kier molecular flexibility index (Phi) is 9.03. The fraction of sp³-hybridized carbons (Fsp3) is 0.565. The lowest BCUT2D eigenvalue weighted by Crippen LogP contribution is -2.52. The van der Waals surface area contributed by atoms with Gasteiger partial charge in [-0.1, -0.05) is 5.16 Å². The second kappa shape index (κ2) is 11.7. The zero-order valence-corrected chi connectivity index (χ0v) is 21.5. The summed E-state index contributed by atoms with van der Waals surface area (Å²) in [6, 6.07) is 6.16. The number of hydrogen-bond donors (Lipinski definition) is 1. The number of hydrogen-bond acceptors (Lipinski definition) is 6. The highest BCUT2D eigenvalue weighted by molar-refractivity contribution is 14.0. The van der Waals surface area contributed by atoms with E-state index in [1.54, 1.807) is 6.26 Å². The van der Waals surface area contributed by atoms with Crippen LogP contribution < -0.4 is 14.8 Å². The topological polar surface area (TPSA) is 75.4 Å². The highest BCUT2D eigenvalue weighted by Crippen LogP contribution is 2.35. The van der Waals surface area contributed by atoms with E-state index in [0.29, 0.717) is 13.2 Å². The highest BCUT2D eigenvalue weighted by Gasteiger charge is 2.23. The van der Waals surface area contributed by atoms with Crippen LogP contribution >= 0.6 is 24.0 Å². The van der Waals surface area contributed by atoms with Crippen molar-refractivity contribution in [2.75, 3.05) is 39.3 Å². The van der Waals surface area contributed by atoms with Gasteiger partial charge in [-0.15, -0.1) is 24.0 Å². The van der Waals surface area contributed by atoms with Crippen molar-refractivity contribution in [2.45, 2.75) is 46.4 Å². The van der Waals surface area contributed by atoms with E-state index in [9.17, 15) is 0 Å². The van der Waals surface area contributed by atoms with E-state index in [2.05, 4.69) is 46.3 Å². The minimum absolute atomic E-state index is 0. The molecule has 3 heterocycles. The average Bonchev–Trinajstić information content (AvgIpc) is 3.40. The van der Waals surface area contributed by atoms with Crippen LogP contribution in [-0.2, 0) is 19.5 Å². The van der Waals surface area contributed by atoms with Crippen molar-refractivity contribution in [1.82, 2.24) is 20.3 Å². The third-order valence-corrected chi connectivity index (χ3v) is 5.66. The summed E-state index contributed by atoms with van der Waals surface area (Å²) in [5.41, 5.74) is 3.26. The molecule has 32 heavy (non-hydrogen) atoms. The smallest absolute Gasteiger partial charge is 0.194 e. The SMILES string of the molecule is CCNC(=NCc1cc2c(cc1OCC)CC(C)O2)N1CCN(Cc2ccon2)CC1.I. The number of aromatic nitrogens is 1. The monoisotopic (exact) mass is 555 g/mol. The Balaban J connectivity index is 0.00000289. The van der Waals surface area contributed by atoms with Crippen molar-refractivity contribution >= 4 is 29.9 Å². The average molecular weight is 555 g/mol. The van der Waals surface area contributed by atoms with E-state index >= 15 is 0 Å². The fourth-order valence-electron chi connectivity index (χ4n) is 4.15. The van der Waals surface area contributed by atoms with Crippen LogP contribution in [0.2, 0.25) is 0 Å². The molecule has 0 saturated carbocycles. The minimum Gasteiger partial charge on any atom is -0.494 e. The zero-order valence-electron chi connectivity index (χ0n) is 19.2. The second-order valence-electron chi connectivity index (χ2n) is 8.06. The molecular weight excluding hydrogens is 521 g/mol. The molecule has 1 saturated heterocycles. The molecule has 9 heteroatoms. The quantitative estimate of drug-likeness (QED) is 0.319. The molecule has 0 bridgehead atoms. The molecule has 0 aliphatic carbocycles. The lowest BCUT2D eigenvalue weighted by atomic mass is 10.1. The first-order chi connectivity index (χ1) is 15.2. The molecular formula is C23H34IN5O3. The molecule has 1 atom stereocenters. The van der Waals surface area contributed by atoms with Gasteiger partial charge >= 0.3 is 0 Å². The Morgan fingerprint density at radius 3 is 2.75 bits per heavy atom. The molecule has 0 amide bonds. The van der Waals surface area contributed by atoms with Gasteiger partial charge in [-0.05, 0) is 32.9 Å². The van der Waals surface area contributed by atoms with Gasteiger partial charge in [0.15, 0.2) is 5.96 Å². The van der Waals surface area contributed by atoms with Gasteiger partial charge < -0.3 is 24.2 Å². The maximum Gasteiger partial charge on any atom is 0.194 e. The number of guanidine groups is 1. The summed E-state index contributed by atoms with van der Waals surface area (Å²) in [7, 11) is 0. The van der Waals surface area contributed by atoms with Crippen molar-refractivity contribution in [3.05, 3.63) is 41.3 Å². The van der Waals surface area contributed by atoms with E-state index in [1.165, 1.54) is 5.56 Å². The standard InChI is InChI=1S/C23H33N5O3.HI/c1-4-24-23(28-9-7-27(8-10-28)16-20-6-11-30-26-20)25-15-19-14-22-18(12-17(3)31-22)13-21(19)29-5-2;/h6,11,13-14,17H,4-5,7-10,12,15-16H2,1-3H3,(H,24,25);1H. The van der Waals surface area contributed by atoms with Gasteiger partial charge in [0, 0.05) is 62.9 Å². The molecule has 2 aliphatic rings. The van der Waals surface area contributed by atoms with Gasteiger partial charge in [0.1, 0.15) is 23.9 Å². The van der Waals surface area contributed by atoms with Gasteiger partial charge in [-0.3, -0.25) is 4.90 Å². The van der Waals surface area contributed by atoms with Crippen LogP contribution in [0.3, 0.4) is 0 Å². The molecule has 4 rings (SSSR count). The molecule has 2 aromatic rings. The van der Waals surface area contributed by atoms with Crippen molar-refractivity contribution < 1.29 is 14.0 Å². The number of benzene rings is 1. The molecule has 1 N–H and O–H groups in total. The third-order valence-electron chi connectivity index (χ3n) is 5.66. The summed E-state index contributed by atoms with van der Waals surface area (Å²) in [5.74, 6) is 2.82. The summed E-state index contributed by atoms with van der Waals surface area (Å²) in [6.45, 7) is 12.8. The predicted octanol–water partition coefficient (Wildman–Crippen LogP) is 3.30. The first kappa shape index (κ1) is 24.6. The summed E-state index contributed by atoms with van der Waals surface area (Å²) in [4.78, 5) is 9.67. The van der Waals surface area contributed by atoms with Crippen LogP contribution in [0.1, 0.15) is 37.6 Å². The number of fused-ring (bicyclic) bond motifs is 1. The van der Waals surface area contributed by atoms with Crippen molar-refractivity contribution in [2.24, 2.45) is 4.99 Å². The normalized spacial score (nSPS) is 18.7. The number of nitrogens with one attached hydrogen (secondary N) is 1. The van der Waals surface area contributed by atoms with Crippen LogP contribution in [-0.4, -0.2) is 66.4 Å². The maximum absolute atomic E-state index is 5.96. The van der Waals surface area contributed by atoms with Gasteiger partial charge in [-0.25, -0.2) is 4.99 Å². The van der Waals surface area contributed by atoms with Crippen LogP contribution in [0.15, 0.2) is 34.0 Å². The van der Waals surface area contributed by atoms with Crippen LogP contribution in [0.25, 0.3) is 0 Å². The second-order valence-corrected chi connectivity index (χ2v) is 8.06. The van der Waals surface area contributed by atoms with E-state index in [-0.39, 0.29) is 30.1 Å². The molecule has 0 spiro atoms. The van der Waals surface area contributed by atoms with E-state index in [4.69, 9.17) is 19.0 Å². The molecule has 1 unspecified atom stereocenters. The maximum atomic E-state index is 5.96. The number of piperazine rings is 1. The van der Waals surface area contributed by atoms with E-state index < -0.39 is 0 Å². The minimum atomic E-state index is 0. The Bertz CT molecular complexity index is 882. The molecule has 176 valence electrons. The molecule has 1 fully saturated rings. The van der Waals surface area contributed by atoms with Crippen molar-refractivity contribution in [3.63, 3.8) is 0 Å². The first-order valence-electron chi connectivity index (χ1n) is 11.3. The van der Waals surface area contributed by atoms with Gasteiger partial charge in [0.25, 0.3) is 0 Å². The molecule has 0 radical (unpaired) electrons. The summed E-state index contributed by atoms with van der Waals surface area (Å²) < 4.78 is 16.8. The number of aliphatic imine (C=N–C) groups is 1. The Morgan fingerprint density at radius 1 is 1.25 bits per heavy atom. The number of nitrogens with zero attached hydrogens (tertiary/aromatic N) is 4. The summed E-state index contributed by atoms with van der Waals surface area (Å²) in [5, 5.41) is 7.47. The fourth-order valence-corrected chi connectivity index (χ4v) is 4.15. The molecule has 1 aromatic carbocycles. The van der Waals surface area contributed by atoms with Crippen molar-refractivity contribution in [1.29, 1.82) is 0 Å². The molecule has 8 nitrogen and oxygen atoms in total. The predicted molar refractivity (Wildman–Crippen MR) is 135 cm³/mol. The largest absolute Gasteiger partial charge is 0.494 e. The van der Waals surface area contributed by atoms with Crippen LogP contribution in [0.4, 0.5) is 0 Å². The third kappa shape index (κ3) is 6.06. The highest BCUT2D eigenvalue weighted by atomic mass is 127. The Labute approximate surface area is 207 Å². The van der Waals surface area contributed by atoms with Crippen LogP contribution in [0.5, 0.6) is 11.5 Å². The van der Waals surface area contributed by atoms with Gasteiger partial charge in [0.2, 0.25) is 0 Å². The number of ether oxygens (including phenoxy) is 2. The van der Waals surface area contributed by atoms with E-state index in [1.807, 2.05) is 13.0 Å². The van der Waals surface area contributed by atoms with Crippen LogP contribution in [0, 0.1) is 0 Å². The van der Waals surface area contributed by atoms with Crippen molar-refractivity contribution in [3.8, 4) is 11.5 Å². The number of halogens is 1. The zero-order chi connectivity index (χ0) is 21.6. The molecule has 1 aromatic heterocycles. The lowest BCUT2D eigenvalue weighted by molar-refractivity contribution is 0.169. The number of rotatable bonds is 7. The lowest BCUT2D eigenvalue weighted by Gasteiger charge is -2.36. The summed E-state index contributed by atoms with van der Waals surface area (Å²) in [6.07, 6.45) is 2.78. The first-order valence-corrected chi connectivity index (χ1v) is 11.3. The van der Waals surface area contributed by atoms with E-state index in [0.717, 1.165) is 74.4 Å².